The number of aliphatic hydroxyl groups excluding tert-OH is 1. The number of nitrogens with zero attached hydrogens (tertiary/aromatic N) is 1. The Morgan fingerprint density at radius 2 is 1.94 bits per heavy atom. The summed E-state index contributed by atoms with van der Waals surface area (Å²) in [6.45, 7) is 6.59. The minimum atomic E-state index is 0.275. The van der Waals surface area contributed by atoms with Gasteiger partial charge in [0.1, 0.15) is 0 Å². The molecule has 1 atom stereocenters. The van der Waals surface area contributed by atoms with Crippen molar-refractivity contribution in [3.05, 3.63) is 34.3 Å². The summed E-state index contributed by atoms with van der Waals surface area (Å²) >= 11 is 3.58. The second-order valence-electron chi connectivity index (χ2n) is 5.29. The molecule has 0 amide bonds. The summed E-state index contributed by atoms with van der Waals surface area (Å²) in [5, 5.41) is 9.34. The van der Waals surface area contributed by atoms with Crippen LogP contribution < -0.4 is 0 Å². The monoisotopic (exact) mass is 313 g/mol. The van der Waals surface area contributed by atoms with E-state index >= 15 is 0 Å². The van der Waals surface area contributed by atoms with Gasteiger partial charge in [0.2, 0.25) is 0 Å². The van der Waals surface area contributed by atoms with Gasteiger partial charge in [0, 0.05) is 24.2 Å². The van der Waals surface area contributed by atoms with Crippen molar-refractivity contribution in [3.8, 4) is 0 Å². The van der Waals surface area contributed by atoms with E-state index in [9.17, 15) is 5.11 Å². The van der Waals surface area contributed by atoms with E-state index in [-0.39, 0.29) is 6.61 Å². The van der Waals surface area contributed by atoms with Crippen LogP contribution >= 0.6 is 15.9 Å². The fourth-order valence-corrected chi connectivity index (χ4v) is 2.47. The van der Waals surface area contributed by atoms with E-state index in [1.165, 1.54) is 10.0 Å². The number of halogens is 1. The lowest BCUT2D eigenvalue weighted by Gasteiger charge is -2.25. The highest BCUT2D eigenvalue weighted by Crippen LogP contribution is 2.17. The van der Waals surface area contributed by atoms with E-state index < -0.39 is 0 Å². The fourth-order valence-electron chi connectivity index (χ4n) is 1.98. The van der Waals surface area contributed by atoms with E-state index in [0.717, 1.165) is 19.5 Å². The second-order valence-corrected chi connectivity index (χ2v) is 6.14. The van der Waals surface area contributed by atoms with Gasteiger partial charge < -0.3 is 10.0 Å². The summed E-state index contributed by atoms with van der Waals surface area (Å²) in [6.07, 6.45) is 1.04. The zero-order chi connectivity index (χ0) is 13.5. The maximum atomic E-state index is 9.34. The average molecular weight is 314 g/mol. The van der Waals surface area contributed by atoms with Crippen molar-refractivity contribution in [3.63, 3.8) is 0 Å². The van der Waals surface area contributed by atoms with Crippen molar-refractivity contribution >= 4 is 15.9 Å². The van der Waals surface area contributed by atoms with E-state index in [2.05, 4.69) is 59.9 Å². The molecule has 1 N–H and O–H groups in total. The van der Waals surface area contributed by atoms with Crippen LogP contribution in [0.25, 0.3) is 0 Å². The largest absolute Gasteiger partial charge is 0.396 e. The van der Waals surface area contributed by atoms with Crippen LogP contribution in [0.15, 0.2) is 28.7 Å². The molecule has 0 aliphatic heterocycles. The predicted octanol–water partition coefficient (Wildman–Crippen LogP) is 3.19. The standard InChI is InChI=1S/C15H24BrNO/c1-12(2)14(11-18)10-17(3)9-8-13-6-4-5-7-15(13)16/h4-7,12,14,18H,8-11H2,1-3H3. The zero-order valence-corrected chi connectivity index (χ0v) is 13.2. The Morgan fingerprint density at radius 1 is 1.28 bits per heavy atom. The van der Waals surface area contributed by atoms with Crippen molar-refractivity contribution in [1.29, 1.82) is 0 Å². The molecule has 102 valence electrons. The number of hydrogen-bond donors (Lipinski definition) is 1. The lowest BCUT2D eigenvalue weighted by Crippen LogP contribution is -2.32. The summed E-state index contributed by atoms with van der Waals surface area (Å²) in [5.41, 5.74) is 1.34. The predicted molar refractivity (Wildman–Crippen MR) is 80.8 cm³/mol. The molecule has 0 heterocycles. The molecule has 0 aromatic heterocycles. The molecule has 18 heavy (non-hydrogen) atoms. The average Bonchev–Trinajstić information content (AvgIpc) is 2.34. The van der Waals surface area contributed by atoms with Gasteiger partial charge in [-0.1, -0.05) is 48.0 Å². The van der Waals surface area contributed by atoms with Crippen molar-refractivity contribution in [2.24, 2.45) is 11.8 Å². The molecule has 0 saturated heterocycles. The van der Waals surface area contributed by atoms with Crippen molar-refractivity contribution in [2.45, 2.75) is 20.3 Å². The van der Waals surface area contributed by atoms with Crippen LogP contribution in [0.1, 0.15) is 19.4 Å². The van der Waals surface area contributed by atoms with Crippen LogP contribution in [0.5, 0.6) is 0 Å². The fraction of sp³-hybridized carbons (Fsp3) is 0.600. The van der Waals surface area contributed by atoms with Gasteiger partial charge in [-0.2, -0.15) is 0 Å². The van der Waals surface area contributed by atoms with Gasteiger partial charge in [-0.15, -0.1) is 0 Å². The highest BCUT2D eigenvalue weighted by atomic mass is 79.9. The molecule has 1 aromatic carbocycles. The minimum absolute atomic E-state index is 0.275. The summed E-state index contributed by atoms with van der Waals surface area (Å²) < 4.78 is 1.18. The third-order valence-corrected chi connectivity index (χ3v) is 4.22. The van der Waals surface area contributed by atoms with Crippen LogP contribution in [0.2, 0.25) is 0 Å². The van der Waals surface area contributed by atoms with Crippen LogP contribution in [0.3, 0.4) is 0 Å². The Bertz CT molecular complexity index is 354. The van der Waals surface area contributed by atoms with Gasteiger partial charge in [0.05, 0.1) is 0 Å². The lowest BCUT2D eigenvalue weighted by atomic mass is 9.96. The molecule has 1 aromatic rings. The molecule has 0 aliphatic rings. The molecule has 0 fully saturated rings. The molecule has 0 aliphatic carbocycles. The van der Waals surface area contributed by atoms with Crippen molar-refractivity contribution in [1.82, 2.24) is 4.90 Å². The van der Waals surface area contributed by atoms with Crippen LogP contribution in [-0.4, -0.2) is 36.8 Å². The smallest absolute Gasteiger partial charge is 0.0473 e. The lowest BCUT2D eigenvalue weighted by molar-refractivity contribution is 0.147. The first kappa shape index (κ1) is 15.7. The molecule has 1 unspecified atom stereocenters. The van der Waals surface area contributed by atoms with Crippen LogP contribution in [-0.2, 0) is 6.42 Å². The number of aliphatic hydroxyl groups is 1. The topological polar surface area (TPSA) is 23.5 Å². The molecule has 2 nitrogen and oxygen atoms in total. The van der Waals surface area contributed by atoms with Gasteiger partial charge in [0.15, 0.2) is 0 Å². The van der Waals surface area contributed by atoms with Crippen molar-refractivity contribution in [2.75, 3.05) is 26.7 Å². The Kier molecular flexibility index (Phi) is 6.90. The van der Waals surface area contributed by atoms with Gasteiger partial charge in [-0.3, -0.25) is 0 Å². The Labute approximate surface area is 119 Å². The molecule has 1 rings (SSSR count). The van der Waals surface area contributed by atoms with Gasteiger partial charge in [-0.05, 0) is 36.9 Å². The Hall–Kier alpha value is -0.380. The number of likely N-dealkylation sites (N-methyl/N-ethyl adjacent to an activating group) is 1. The molecule has 0 saturated carbocycles. The van der Waals surface area contributed by atoms with Gasteiger partial charge in [-0.25, -0.2) is 0 Å². The number of rotatable bonds is 7. The quantitative estimate of drug-likeness (QED) is 0.835. The van der Waals surface area contributed by atoms with Crippen molar-refractivity contribution < 1.29 is 5.11 Å². The first-order valence-electron chi connectivity index (χ1n) is 6.57. The zero-order valence-electron chi connectivity index (χ0n) is 11.6. The minimum Gasteiger partial charge on any atom is -0.396 e. The SMILES string of the molecule is CC(C)C(CO)CN(C)CCc1ccccc1Br. The summed E-state index contributed by atoms with van der Waals surface area (Å²) in [6, 6.07) is 8.35. The van der Waals surface area contributed by atoms with E-state index in [4.69, 9.17) is 0 Å². The molecule has 0 bridgehead atoms. The van der Waals surface area contributed by atoms with E-state index in [0.29, 0.717) is 11.8 Å². The van der Waals surface area contributed by atoms with Crippen LogP contribution in [0, 0.1) is 11.8 Å². The number of hydrogen-bond acceptors (Lipinski definition) is 2. The normalized spacial score (nSPS) is 13.3. The van der Waals surface area contributed by atoms with E-state index in [1.54, 1.807) is 0 Å². The maximum Gasteiger partial charge on any atom is 0.0473 e. The summed E-state index contributed by atoms with van der Waals surface area (Å²) in [5.74, 6) is 0.898. The molecule has 0 spiro atoms. The Balaban J connectivity index is 2.41. The van der Waals surface area contributed by atoms with E-state index in [1.807, 2.05) is 6.07 Å². The highest BCUT2D eigenvalue weighted by Gasteiger charge is 2.14. The van der Waals surface area contributed by atoms with Crippen LogP contribution in [0.4, 0.5) is 0 Å². The maximum absolute atomic E-state index is 9.34. The third kappa shape index (κ3) is 5.09. The molecule has 0 radical (unpaired) electrons. The molecular formula is C15H24BrNO. The summed E-state index contributed by atoms with van der Waals surface area (Å²) in [4.78, 5) is 2.31. The highest BCUT2D eigenvalue weighted by molar-refractivity contribution is 9.10. The first-order chi connectivity index (χ1) is 8.54. The molecule has 3 heteroatoms. The second kappa shape index (κ2) is 7.93. The number of benzene rings is 1. The van der Waals surface area contributed by atoms with Gasteiger partial charge >= 0.3 is 0 Å². The third-order valence-electron chi connectivity index (χ3n) is 3.44. The molecular weight excluding hydrogens is 290 g/mol. The van der Waals surface area contributed by atoms with Gasteiger partial charge in [0.25, 0.3) is 0 Å². The summed E-state index contributed by atoms with van der Waals surface area (Å²) in [7, 11) is 2.13. The Morgan fingerprint density at radius 3 is 2.50 bits per heavy atom. The first-order valence-corrected chi connectivity index (χ1v) is 7.36.